The van der Waals surface area contributed by atoms with Gasteiger partial charge in [-0.3, -0.25) is 13.8 Å². The van der Waals surface area contributed by atoms with Crippen molar-refractivity contribution in [2.24, 2.45) is 0 Å². The summed E-state index contributed by atoms with van der Waals surface area (Å²) in [5.41, 5.74) is 0. The van der Waals surface area contributed by atoms with Crippen LogP contribution in [0.3, 0.4) is 0 Å². The first-order valence-electron chi connectivity index (χ1n) is 25.5. The molecule has 358 valence electrons. The Hall–Kier alpha value is -1.54. The maximum atomic E-state index is 12.8. The Labute approximate surface area is 378 Å². The molecule has 1 amide bonds. The first-order valence-corrected chi connectivity index (χ1v) is 27.0. The maximum absolute atomic E-state index is 12.8. The van der Waals surface area contributed by atoms with Crippen molar-refractivity contribution >= 4 is 13.7 Å². The first-order chi connectivity index (χ1) is 29.5. The van der Waals surface area contributed by atoms with E-state index in [-0.39, 0.29) is 19.1 Å². The number of rotatable bonds is 46. The van der Waals surface area contributed by atoms with Gasteiger partial charge in [-0.2, -0.15) is 0 Å². The predicted octanol–water partition coefficient (Wildman–Crippen LogP) is 14.8. The van der Waals surface area contributed by atoms with Crippen LogP contribution in [-0.4, -0.2) is 73.4 Å². The number of phosphoric ester groups is 1. The zero-order chi connectivity index (χ0) is 45.0. The lowest BCUT2D eigenvalue weighted by atomic mass is 10.0. The molecular weight excluding hydrogens is 780 g/mol. The van der Waals surface area contributed by atoms with Crippen molar-refractivity contribution in [2.45, 2.75) is 238 Å². The molecule has 0 rings (SSSR count). The van der Waals surface area contributed by atoms with Gasteiger partial charge >= 0.3 is 7.82 Å². The van der Waals surface area contributed by atoms with Crippen LogP contribution < -0.4 is 5.32 Å². The van der Waals surface area contributed by atoms with Crippen LogP contribution in [0.4, 0.5) is 0 Å². The lowest BCUT2D eigenvalue weighted by Gasteiger charge is -2.25. The molecule has 8 nitrogen and oxygen atoms in total. The number of quaternary nitrogens is 1. The van der Waals surface area contributed by atoms with Crippen LogP contribution in [-0.2, 0) is 18.4 Å². The van der Waals surface area contributed by atoms with Gasteiger partial charge in [-0.05, 0) is 57.8 Å². The van der Waals surface area contributed by atoms with Gasteiger partial charge in [0.15, 0.2) is 0 Å². The molecule has 9 heteroatoms. The highest BCUT2D eigenvalue weighted by atomic mass is 31.2. The van der Waals surface area contributed by atoms with Gasteiger partial charge in [0, 0.05) is 6.42 Å². The summed E-state index contributed by atoms with van der Waals surface area (Å²) in [7, 11) is 1.57. The fraction of sp³-hybridized carbons (Fsp3) is 0.827. The van der Waals surface area contributed by atoms with Crippen molar-refractivity contribution in [1.82, 2.24) is 5.32 Å². The molecule has 0 saturated carbocycles. The van der Waals surface area contributed by atoms with Gasteiger partial charge in [-0.25, -0.2) is 4.57 Å². The lowest BCUT2D eigenvalue weighted by Crippen LogP contribution is -2.45. The Morgan fingerprint density at radius 2 is 0.934 bits per heavy atom. The zero-order valence-corrected chi connectivity index (χ0v) is 41.5. The van der Waals surface area contributed by atoms with Gasteiger partial charge in [0.2, 0.25) is 5.91 Å². The molecule has 3 atom stereocenters. The molecule has 0 aliphatic rings. The van der Waals surface area contributed by atoms with Gasteiger partial charge in [0.05, 0.1) is 39.9 Å². The van der Waals surface area contributed by atoms with Gasteiger partial charge in [-0.15, -0.1) is 0 Å². The molecule has 0 aromatic carbocycles. The average molecular weight is 880 g/mol. The fourth-order valence-corrected chi connectivity index (χ4v) is 7.96. The molecular formula is C52H100N2O6P+. The Kier molecular flexibility index (Phi) is 42.6. The van der Waals surface area contributed by atoms with Crippen LogP contribution in [0.2, 0.25) is 0 Å². The number of aliphatic hydroxyl groups is 1. The molecule has 0 radical (unpaired) electrons. The normalized spacial score (nSPS) is 14.5. The van der Waals surface area contributed by atoms with E-state index in [1.807, 2.05) is 27.2 Å². The van der Waals surface area contributed by atoms with Gasteiger partial charge in [0.1, 0.15) is 13.2 Å². The van der Waals surface area contributed by atoms with Crippen molar-refractivity contribution in [3.05, 3.63) is 48.6 Å². The Bertz CT molecular complexity index is 1130. The maximum Gasteiger partial charge on any atom is 0.472 e. The third-order valence-electron chi connectivity index (χ3n) is 11.3. The average Bonchev–Trinajstić information content (AvgIpc) is 3.21. The molecule has 0 saturated heterocycles. The number of allylic oxidation sites excluding steroid dienone is 7. The van der Waals surface area contributed by atoms with Crippen molar-refractivity contribution in [3.8, 4) is 0 Å². The first kappa shape index (κ1) is 59.5. The highest BCUT2D eigenvalue weighted by Crippen LogP contribution is 2.43. The number of amides is 1. The van der Waals surface area contributed by atoms with Crippen LogP contribution in [0, 0.1) is 0 Å². The number of nitrogens with one attached hydrogen (secondary N) is 1. The second kappa shape index (κ2) is 43.7. The van der Waals surface area contributed by atoms with E-state index >= 15 is 0 Å². The van der Waals surface area contributed by atoms with Gasteiger partial charge < -0.3 is 19.8 Å². The van der Waals surface area contributed by atoms with Crippen LogP contribution in [0.25, 0.3) is 0 Å². The Morgan fingerprint density at radius 3 is 1.38 bits per heavy atom. The van der Waals surface area contributed by atoms with E-state index < -0.39 is 20.0 Å². The lowest BCUT2D eigenvalue weighted by molar-refractivity contribution is -0.870. The van der Waals surface area contributed by atoms with E-state index in [9.17, 15) is 19.4 Å². The van der Waals surface area contributed by atoms with E-state index in [1.165, 1.54) is 148 Å². The molecule has 0 spiro atoms. The highest BCUT2D eigenvalue weighted by molar-refractivity contribution is 7.47. The van der Waals surface area contributed by atoms with Crippen molar-refractivity contribution < 1.29 is 32.9 Å². The third-order valence-corrected chi connectivity index (χ3v) is 12.3. The van der Waals surface area contributed by atoms with Crippen LogP contribution in [0.15, 0.2) is 48.6 Å². The van der Waals surface area contributed by atoms with Crippen LogP contribution in [0.5, 0.6) is 0 Å². The summed E-state index contributed by atoms with van der Waals surface area (Å²) >= 11 is 0. The largest absolute Gasteiger partial charge is 0.472 e. The van der Waals surface area contributed by atoms with Gasteiger partial charge in [0.25, 0.3) is 0 Å². The fourth-order valence-electron chi connectivity index (χ4n) is 7.22. The quantitative estimate of drug-likeness (QED) is 0.0243. The number of phosphoric acid groups is 1. The van der Waals surface area contributed by atoms with Crippen molar-refractivity contribution in [2.75, 3.05) is 40.9 Å². The highest BCUT2D eigenvalue weighted by Gasteiger charge is 2.27. The smallest absolute Gasteiger partial charge is 0.387 e. The predicted molar refractivity (Wildman–Crippen MR) is 263 cm³/mol. The molecule has 0 aromatic heterocycles. The molecule has 0 fully saturated rings. The van der Waals surface area contributed by atoms with E-state index in [2.05, 4.69) is 55.6 Å². The molecule has 0 aliphatic heterocycles. The number of hydrogen-bond acceptors (Lipinski definition) is 5. The van der Waals surface area contributed by atoms with Crippen molar-refractivity contribution in [1.29, 1.82) is 0 Å². The summed E-state index contributed by atoms with van der Waals surface area (Å²) in [6.07, 6.45) is 56.8. The second-order valence-electron chi connectivity index (χ2n) is 18.5. The molecule has 0 heterocycles. The van der Waals surface area contributed by atoms with Crippen LogP contribution >= 0.6 is 7.82 Å². The number of unbranched alkanes of at least 4 members (excludes halogenated alkanes) is 27. The Morgan fingerprint density at radius 1 is 0.557 bits per heavy atom. The second-order valence-corrected chi connectivity index (χ2v) is 20.0. The number of carbonyl (C=O) groups is 1. The number of nitrogens with zero attached hydrogens (tertiary/aromatic N) is 1. The number of hydrogen-bond donors (Lipinski definition) is 3. The molecule has 61 heavy (non-hydrogen) atoms. The van der Waals surface area contributed by atoms with E-state index in [0.29, 0.717) is 17.4 Å². The summed E-state index contributed by atoms with van der Waals surface area (Å²) in [6.45, 7) is 4.72. The van der Waals surface area contributed by atoms with E-state index in [4.69, 9.17) is 9.05 Å². The third kappa shape index (κ3) is 46.3. The molecule has 0 bridgehead atoms. The molecule has 3 unspecified atom stereocenters. The molecule has 0 aromatic rings. The minimum Gasteiger partial charge on any atom is -0.387 e. The minimum atomic E-state index is -4.33. The monoisotopic (exact) mass is 880 g/mol. The van der Waals surface area contributed by atoms with Gasteiger partial charge in [-0.1, -0.05) is 210 Å². The summed E-state index contributed by atoms with van der Waals surface area (Å²) in [5.74, 6) is -0.182. The summed E-state index contributed by atoms with van der Waals surface area (Å²) < 4.78 is 23.4. The van der Waals surface area contributed by atoms with E-state index in [0.717, 1.165) is 57.8 Å². The van der Waals surface area contributed by atoms with Crippen LogP contribution in [0.1, 0.15) is 226 Å². The molecule has 0 aliphatic carbocycles. The molecule has 3 N–H and O–H groups in total. The minimum absolute atomic E-state index is 0.0608. The topological polar surface area (TPSA) is 105 Å². The Balaban J connectivity index is 3.86. The number of carbonyl (C=O) groups excluding carboxylic acids is 1. The van der Waals surface area contributed by atoms with Crippen molar-refractivity contribution in [3.63, 3.8) is 0 Å². The zero-order valence-electron chi connectivity index (χ0n) is 40.7. The number of likely N-dealkylation sites (N-methyl/N-ethyl adjacent to an activating group) is 1. The number of aliphatic hydroxyl groups excluding tert-OH is 1. The standard InChI is InChI=1S/C52H99N2O6P/c1-6-8-10-12-14-15-16-17-18-19-20-21-22-23-24-25-26-27-28-29-30-31-32-33-34-35-36-37-38-39-40-42-44-46-52(56)53-50(51(55)45-43-41-13-11-9-7-2)49-60-61(57,58)59-48-47-54(3,4)5/h16-17,19-20,22-23,43,45,50-51,55H,6-15,18,21,24-42,44,46-49H2,1-5H3,(H-,53,56,57,58)/p+1/b17-16-,20-19-,23-22-,45-43+. The summed E-state index contributed by atoms with van der Waals surface area (Å²) in [6, 6.07) is -0.842. The SMILES string of the molecule is CCCCCC/C=C/C(O)C(COP(=O)(O)OCC[N+](C)(C)C)NC(=O)CCCCCCCCCCCCCCCCCCCC/C=C\C/C=C\C/C=C\CCCCCCC. The summed E-state index contributed by atoms with van der Waals surface area (Å²) in [4.78, 5) is 23.0. The van der Waals surface area contributed by atoms with E-state index in [1.54, 1.807) is 6.08 Å². The summed E-state index contributed by atoms with van der Waals surface area (Å²) in [5, 5.41) is 13.7.